The van der Waals surface area contributed by atoms with Gasteiger partial charge in [-0.05, 0) is 68.5 Å². The van der Waals surface area contributed by atoms with Gasteiger partial charge < -0.3 is 20.2 Å². The van der Waals surface area contributed by atoms with Crippen LogP contribution in [0.4, 0.5) is 11.4 Å². The highest BCUT2D eigenvalue weighted by Crippen LogP contribution is 2.47. The van der Waals surface area contributed by atoms with Crippen molar-refractivity contribution in [1.82, 2.24) is 4.90 Å². The van der Waals surface area contributed by atoms with Crippen molar-refractivity contribution >= 4 is 17.3 Å². The lowest BCUT2D eigenvalue weighted by atomic mass is 9.72. The predicted molar refractivity (Wildman–Crippen MR) is 146 cm³/mol. The topological polar surface area (TPSA) is 55.8 Å². The van der Waals surface area contributed by atoms with E-state index < -0.39 is 11.0 Å². The Labute approximate surface area is 214 Å². The summed E-state index contributed by atoms with van der Waals surface area (Å²) in [6.45, 7) is 8.58. The van der Waals surface area contributed by atoms with Crippen molar-refractivity contribution in [3.05, 3.63) is 95.6 Å². The number of nitrogens with one attached hydrogen (secondary N) is 1. The first kappa shape index (κ1) is 24.5. The first-order valence-corrected chi connectivity index (χ1v) is 13.3. The smallest absolute Gasteiger partial charge is 0.239 e. The van der Waals surface area contributed by atoms with Crippen LogP contribution in [0, 0.1) is 0 Å². The summed E-state index contributed by atoms with van der Waals surface area (Å²) >= 11 is 0. The zero-order valence-corrected chi connectivity index (χ0v) is 21.4. The van der Waals surface area contributed by atoms with Crippen molar-refractivity contribution in [2.24, 2.45) is 0 Å². The molecule has 5 heteroatoms. The molecule has 0 spiro atoms. The second-order valence-electron chi connectivity index (χ2n) is 10.1. The number of nitrogens with zero attached hydrogens (tertiary/aromatic N) is 2. The van der Waals surface area contributed by atoms with E-state index in [-0.39, 0.29) is 5.91 Å². The van der Waals surface area contributed by atoms with E-state index in [2.05, 4.69) is 59.3 Å². The highest BCUT2D eigenvalue weighted by atomic mass is 16.3. The van der Waals surface area contributed by atoms with E-state index in [0.717, 1.165) is 60.8 Å². The fourth-order valence-electron chi connectivity index (χ4n) is 6.06. The van der Waals surface area contributed by atoms with Crippen LogP contribution in [-0.4, -0.2) is 48.6 Å². The fourth-order valence-corrected chi connectivity index (χ4v) is 6.06. The first-order chi connectivity index (χ1) is 17.5. The average Bonchev–Trinajstić information content (AvgIpc) is 3.21. The summed E-state index contributed by atoms with van der Waals surface area (Å²) in [5.41, 5.74) is 3.67. The molecule has 0 saturated carbocycles. The molecule has 0 aliphatic carbocycles. The molecule has 2 aliphatic rings. The van der Waals surface area contributed by atoms with E-state index in [1.165, 1.54) is 0 Å². The minimum Gasteiger partial charge on any atom is -0.385 e. The standard InChI is InChI=1S/C31H37N3O2/c1-3-34(4-2)26-15-16-27-28(23-26)32-29(35)31(27,25-13-9-6-10-14-25)19-22-33-20-17-30(36,18-21-33)24-11-7-5-8-12-24/h5-16,23,36H,3-4,17-22H2,1-2H3,(H,32,35). The van der Waals surface area contributed by atoms with Crippen LogP contribution in [-0.2, 0) is 15.8 Å². The molecule has 0 bridgehead atoms. The van der Waals surface area contributed by atoms with Crippen molar-refractivity contribution in [2.45, 2.75) is 44.1 Å². The number of anilines is 2. The Balaban J connectivity index is 1.39. The van der Waals surface area contributed by atoms with Crippen LogP contribution in [0.2, 0.25) is 0 Å². The van der Waals surface area contributed by atoms with Crippen LogP contribution in [0.1, 0.15) is 49.8 Å². The molecule has 2 N–H and O–H groups in total. The number of hydrogen-bond acceptors (Lipinski definition) is 4. The van der Waals surface area contributed by atoms with Gasteiger partial charge in [0.25, 0.3) is 0 Å². The lowest BCUT2D eigenvalue weighted by molar-refractivity contribution is -0.120. The van der Waals surface area contributed by atoms with E-state index in [9.17, 15) is 9.90 Å². The Kier molecular flexibility index (Phi) is 6.87. The molecule has 0 aromatic heterocycles. The Bertz CT molecular complexity index is 1180. The molecule has 2 heterocycles. The highest BCUT2D eigenvalue weighted by molar-refractivity contribution is 6.09. The second kappa shape index (κ2) is 10.1. The Hall–Kier alpha value is -3.15. The lowest BCUT2D eigenvalue weighted by Gasteiger charge is -2.40. The maximum Gasteiger partial charge on any atom is 0.239 e. The van der Waals surface area contributed by atoms with Crippen LogP contribution in [0.5, 0.6) is 0 Å². The molecule has 0 radical (unpaired) electrons. The SMILES string of the molecule is CCN(CC)c1ccc2c(c1)NC(=O)C2(CCN1CCC(O)(c2ccccc2)CC1)c1ccccc1. The van der Waals surface area contributed by atoms with Gasteiger partial charge in [0.05, 0.1) is 5.60 Å². The normalized spacial score (nSPS) is 21.1. The minimum absolute atomic E-state index is 0.0539. The highest BCUT2D eigenvalue weighted by Gasteiger charge is 2.48. The molecule has 1 atom stereocenters. The van der Waals surface area contributed by atoms with Crippen LogP contribution >= 0.6 is 0 Å². The predicted octanol–water partition coefficient (Wildman–Crippen LogP) is 5.14. The van der Waals surface area contributed by atoms with Gasteiger partial charge in [0.15, 0.2) is 0 Å². The number of likely N-dealkylation sites (tertiary alicyclic amines) is 1. The maximum absolute atomic E-state index is 13.8. The van der Waals surface area contributed by atoms with Crippen LogP contribution in [0.3, 0.4) is 0 Å². The molecule has 5 nitrogen and oxygen atoms in total. The summed E-state index contributed by atoms with van der Waals surface area (Å²) in [5, 5.41) is 14.5. The Morgan fingerprint density at radius 2 is 1.50 bits per heavy atom. The van der Waals surface area contributed by atoms with E-state index in [0.29, 0.717) is 19.3 Å². The van der Waals surface area contributed by atoms with Crippen molar-refractivity contribution in [1.29, 1.82) is 0 Å². The van der Waals surface area contributed by atoms with E-state index >= 15 is 0 Å². The monoisotopic (exact) mass is 483 g/mol. The molecule has 36 heavy (non-hydrogen) atoms. The van der Waals surface area contributed by atoms with Crippen LogP contribution < -0.4 is 10.2 Å². The lowest BCUT2D eigenvalue weighted by Crippen LogP contribution is -2.45. The molecule has 1 amide bonds. The van der Waals surface area contributed by atoms with Gasteiger partial charge in [-0.25, -0.2) is 0 Å². The number of fused-ring (bicyclic) bond motifs is 1. The zero-order valence-electron chi connectivity index (χ0n) is 21.4. The molecule has 3 aromatic carbocycles. The van der Waals surface area contributed by atoms with Gasteiger partial charge in [-0.15, -0.1) is 0 Å². The average molecular weight is 484 g/mol. The van der Waals surface area contributed by atoms with Gasteiger partial charge in [0, 0.05) is 37.6 Å². The van der Waals surface area contributed by atoms with Gasteiger partial charge in [0.2, 0.25) is 5.91 Å². The molecular weight excluding hydrogens is 446 g/mol. The van der Waals surface area contributed by atoms with Gasteiger partial charge in [-0.2, -0.15) is 0 Å². The summed E-state index contributed by atoms with van der Waals surface area (Å²) < 4.78 is 0. The summed E-state index contributed by atoms with van der Waals surface area (Å²) in [5.74, 6) is 0.0539. The minimum atomic E-state index is -0.771. The van der Waals surface area contributed by atoms with Crippen LogP contribution in [0.25, 0.3) is 0 Å². The third kappa shape index (κ3) is 4.31. The number of aliphatic hydroxyl groups is 1. The number of carbonyl (C=O) groups is 1. The maximum atomic E-state index is 13.8. The summed E-state index contributed by atoms with van der Waals surface area (Å²) in [7, 11) is 0. The third-order valence-electron chi connectivity index (χ3n) is 8.29. The van der Waals surface area contributed by atoms with Crippen LogP contribution in [0.15, 0.2) is 78.9 Å². The first-order valence-electron chi connectivity index (χ1n) is 13.3. The molecule has 1 unspecified atom stereocenters. The molecule has 3 aromatic rings. The zero-order chi connectivity index (χ0) is 25.2. The van der Waals surface area contributed by atoms with Gasteiger partial charge in [-0.1, -0.05) is 66.7 Å². The Morgan fingerprint density at radius 3 is 2.11 bits per heavy atom. The number of carbonyl (C=O) groups excluding carboxylic acids is 1. The fraction of sp³-hybridized carbons (Fsp3) is 0.387. The molecule has 5 rings (SSSR count). The number of rotatable bonds is 8. The number of amides is 1. The summed E-state index contributed by atoms with van der Waals surface area (Å²) in [4.78, 5) is 18.5. The summed E-state index contributed by atoms with van der Waals surface area (Å²) in [6.07, 6.45) is 2.10. The molecular formula is C31H37N3O2. The van der Waals surface area contributed by atoms with E-state index in [4.69, 9.17) is 0 Å². The largest absolute Gasteiger partial charge is 0.385 e. The molecule has 1 saturated heterocycles. The Morgan fingerprint density at radius 1 is 0.889 bits per heavy atom. The molecule has 188 valence electrons. The van der Waals surface area contributed by atoms with Crippen molar-refractivity contribution in [3.63, 3.8) is 0 Å². The van der Waals surface area contributed by atoms with E-state index in [1.807, 2.05) is 48.5 Å². The van der Waals surface area contributed by atoms with Crippen molar-refractivity contribution in [2.75, 3.05) is 42.9 Å². The quantitative estimate of drug-likeness (QED) is 0.466. The van der Waals surface area contributed by atoms with E-state index in [1.54, 1.807) is 0 Å². The third-order valence-corrected chi connectivity index (χ3v) is 8.29. The van der Waals surface area contributed by atoms with Crippen molar-refractivity contribution < 1.29 is 9.90 Å². The van der Waals surface area contributed by atoms with Crippen molar-refractivity contribution in [3.8, 4) is 0 Å². The molecule has 2 aliphatic heterocycles. The molecule has 1 fully saturated rings. The number of hydrogen-bond donors (Lipinski definition) is 2. The van der Waals surface area contributed by atoms with Gasteiger partial charge in [0.1, 0.15) is 5.41 Å². The van der Waals surface area contributed by atoms with Gasteiger partial charge in [-0.3, -0.25) is 4.79 Å². The van der Waals surface area contributed by atoms with Gasteiger partial charge >= 0.3 is 0 Å². The number of benzene rings is 3. The summed E-state index contributed by atoms with van der Waals surface area (Å²) in [6, 6.07) is 26.7. The number of piperidine rings is 1. The second-order valence-corrected chi connectivity index (χ2v) is 10.1.